The lowest BCUT2D eigenvalue weighted by Crippen LogP contribution is -2.55. The molecule has 4 heterocycles. The quantitative estimate of drug-likeness (QED) is 0.196. The number of urea groups is 1. The van der Waals surface area contributed by atoms with Crippen molar-refractivity contribution in [1.82, 2.24) is 29.6 Å². The van der Waals surface area contributed by atoms with Crippen LogP contribution in [0.5, 0.6) is 0 Å². The Labute approximate surface area is 306 Å². The Morgan fingerprint density at radius 2 is 1.59 bits per heavy atom. The number of para-hydroxylation sites is 1. The molecule has 4 aliphatic heterocycles. The summed E-state index contributed by atoms with van der Waals surface area (Å²) in [6.45, 7) is 5.31. The van der Waals surface area contributed by atoms with Gasteiger partial charge in [-0.1, -0.05) is 24.6 Å². The summed E-state index contributed by atoms with van der Waals surface area (Å²) in [4.78, 5) is 35.0. The molecule has 2 aromatic carbocycles. The summed E-state index contributed by atoms with van der Waals surface area (Å²) in [5, 5.41) is 6.20. The Bertz CT molecular complexity index is 1570. The van der Waals surface area contributed by atoms with Gasteiger partial charge in [0.25, 0.3) is 0 Å². The van der Waals surface area contributed by atoms with Crippen LogP contribution in [0, 0.1) is 0 Å². The number of nitrogens with one attached hydrogen (secondary N) is 3. The molecule has 0 bridgehead atoms. The van der Waals surface area contributed by atoms with Crippen molar-refractivity contribution < 1.29 is 18.0 Å². The van der Waals surface area contributed by atoms with E-state index in [9.17, 15) is 18.0 Å². The van der Waals surface area contributed by atoms with Crippen molar-refractivity contribution >= 4 is 65.2 Å². The minimum atomic E-state index is -3.67. The van der Waals surface area contributed by atoms with Crippen molar-refractivity contribution in [3.8, 4) is 0 Å². The van der Waals surface area contributed by atoms with Gasteiger partial charge >= 0.3 is 6.03 Å². The number of nitrogen functional groups attached to an aromatic ring is 1. The maximum atomic E-state index is 13.9. The van der Waals surface area contributed by atoms with E-state index in [2.05, 4.69) is 52.1 Å². The lowest BCUT2D eigenvalue weighted by molar-refractivity contribution is -0.135. The van der Waals surface area contributed by atoms with Gasteiger partial charge in [-0.25, -0.2) is 17.9 Å². The van der Waals surface area contributed by atoms with Crippen LogP contribution in [0.15, 0.2) is 45.3 Å². The Hall–Kier alpha value is -2.27. The molecule has 0 spiro atoms. The van der Waals surface area contributed by atoms with Crippen LogP contribution in [0.25, 0.3) is 0 Å². The number of fused-ring (bicyclic) bond motifs is 1. The number of nitrogens with two attached hydrogens (primary N) is 1. The third-order valence-corrected chi connectivity index (χ3v) is 13.0. The van der Waals surface area contributed by atoms with Gasteiger partial charge in [-0.2, -0.15) is 0 Å². The largest absolute Gasteiger partial charge is 0.397 e. The van der Waals surface area contributed by atoms with Crippen molar-refractivity contribution in [2.75, 3.05) is 62.9 Å². The summed E-state index contributed by atoms with van der Waals surface area (Å²) >= 11 is 7.02. The van der Waals surface area contributed by atoms with Crippen LogP contribution in [0.1, 0.15) is 56.1 Å². The number of nitrogens with zero attached hydrogens (tertiary/aromatic N) is 4. The summed E-state index contributed by atoms with van der Waals surface area (Å²) in [5.74, 6) is -0.163. The van der Waals surface area contributed by atoms with E-state index in [-0.39, 0.29) is 30.5 Å². The first-order chi connectivity index (χ1) is 23.6. The molecule has 0 aromatic heterocycles. The van der Waals surface area contributed by atoms with Crippen LogP contribution >= 0.6 is 31.9 Å². The fourth-order valence-electron chi connectivity index (χ4n) is 7.63. The smallest absolute Gasteiger partial charge is 0.322 e. The number of carbonyl (C=O) groups excluding carboxylic acids is 2. The van der Waals surface area contributed by atoms with E-state index >= 15 is 0 Å². The number of piperidine rings is 3. The lowest BCUT2D eigenvalue weighted by Gasteiger charge is -2.41. The van der Waals surface area contributed by atoms with Crippen molar-refractivity contribution in [3.63, 3.8) is 0 Å². The molecule has 0 aliphatic carbocycles. The molecule has 3 amide bonds. The number of anilines is 2. The molecular weight excluding hydrogens is 776 g/mol. The molecule has 0 unspecified atom stereocenters. The van der Waals surface area contributed by atoms with Crippen LogP contribution in [0.2, 0.25) is 0 Å². The van der Waals surface area contributed by atoms with E-state index < -0.39 is 16.1 Å². The predicted molar refractivity (Wildman–Crippen MR) is 199 cm³/mol. The minimum Gasteiger partial charge on any atom is -0.397 e. The van der Waals surface area contributed by atoms with Gasteiger partial charge in [0.15, 0.2) is 0 Å². The van der Waals surface area contributed by atoms with Crippen LogP contribution < -0.4 is 21.1 Å². The van der Waals surface area contributed by atoms with E-state index in [4.69, 9.17) is 5.73 Å². The highest BCUT2D eigenvalue weighted by molar-refractivity contribution is 9.11. The molecule has 3 saturated heterocycles. The average molecular weight is 825 g/mol. The molecule has 0 radical (unpaired) electrons. The minimum absolute atomic E-state index is 0.0215. The van der Waals surface area contributed by atoms with E-state index in [0.717, 1.165) is 51.7 Å². The first kappa shape index (κ1) is 36.5. The number of benzene rings is 2. The zero-order valence-electron chi connectivity index (χ0n) is 27.9. The SMILES string of the molecule is Nc1c(Br)cc(C[C@@H](NCNS(=O)(=O)CN2CCC(N3Cc4ccccc4NC3=O)CC2)C(=O)N2CCC(N3CCCCC3)CC2)cc1Br. The zero-order chi connectivity index (χ0) is 34.5. The highest BCUT2D eigenvalue weighted by Gasteiger charge is 2.34. The van der Waals surface area contributed by atoms with Crippen LogP contribution in [-0.2, 0) is 27.8 Å². The average Bonchev–Trinajstić information content (AvgIpc) is 3.10. The van der Waals surface area contributed by atoms with Crippen molar-refractivity contribution in [1.29, 1.82) is 0 Å². The maximum Gasteiger partial charge on any atom is 0.322 e. The number of hydrogen-bond donors (Lipinski definition) is 4. The van der Waals surface area contributed by atoms with Gasteiger partial charge in [0, 0.05) is 59.4 Å². The van der Waals surface area contributed by atoms with Crippen LogP contribution in [0.4, 0.5) is 16.2 Å². The molecule has 1 atom stereocenters. The number of carbonyl (C=O) groups is 2. The Kier molecular flexibility index (Phi) is 12.2. The second-order valence-corrected chi connectivity index (χ2v) is 17.2. The van der Waals surface area contributed by atoms with E-state index in [1.165, 1.54) is 19.3 Å². The number of likely N-dealkylation sites (tertiary alicyclic amines) is 3. The highest BCUT2D eigenvalue weighted by atomic mass is 79.9. The molecule has 5 N–H and O–H groups in total. The molecule has 15 heteroatoms. The van der Waals surface area contributed by atoms with Crippen LogP contribution in [-0.4, -0.2) is 110 Å². The molecule has 4 aliphatic rings. The first-order valence-corrected chi connectivity index (χ1v) is 20.6. The van der Waals surface area contributed by atoms with E-state index in [0.29, 0.717) is 63.7 Å². The third-order valence-electron chi connectivity index (χ3n) is 10.4. The van der Waals surface area contributed by atoms with Crippen molar-refractivity contribution in [3.05, 3.63) is 56.5 Å². The van der Waals surface area contributed by atoms with E-state index in [1.807, 2.05) is 51.1 Å². The summed E-state index contributed by atoms with van der Waals surface area (Å²) in [6.07, 6.45) is 7.48. The zero-order valence-corrected chi connectivity index (χ0v) is 31.9. The van der Waals surface area contributed by atoms with Gasteiger partial charge in [0.2, 0.25) is 15.9 Å². The number of halogens is 2. The Balaban J connectivity index is 1.02. The Morgan fingerprint density at radius 1 is 0.939 bits per heavy atom. The second-order valence-electron chi connectivity index (χ2n) is 13.7. The molecule has 12 nitrogen and oxygen atoms in total. The Morgan fingerprint density at radius 3 is 2.29 bits per heavy atom. The standard InChI is InChI=1S/C34H48Br2N8O4S/c35-28-18-24(19-29(36)32(28)37)20-31(33(45)43-16-10-26(11-17-43)42-12-4-1-5-13-42)38-22-39-49(47,48)23-41-14-8-27(9-15-41)44-21-25-6-2-3-7-30(25)40-34(44)46/h2-3,6-7,18-19,26-27,31,38-39H,1,4-5,8-17,20-23,37H2,(H,40,46)/t31-/m1/s1. The van der Waals surface area contributed by atoms with Gasteiger partial charge in [0.05, 0.1) is 18.4 Å². The van der Waals surface area contributed by atoms with Crippen molar-refractivity contribution in [2.45, 2.75) is 76.0 Å². The lowest BCUT2D eigenvalue weighted by atomic mass is 9.98. The fourth-order valence-corrected chi connectivity index (χ4v) is 10.0. The molecule has 268 valence electrons. The second kappa shape index (κ2) is 16.4. The summed E-state index contributed by atoms with van der Waals surface area (Å²) < 4.78 is 30.6. The number of amides is 3. The highest BCUT2D eigenvalue weighted by Crippen LogP contribution is 2.31. The number of sulfonamides is 1. The van der Waals surface area contributed by atoms with Gasteiger partial charge in [-0.15, -0.1) is 0 Å². The third kappa shape index (κ3) is 9.35. The van der Waals surface area contributed by atoms with Gasteiger partial charge in [0.1, 0.15) is 5.88 Å². The molecule has 3 fully saturated rings. The van der Waals surface area contributed by atoms with Gasteiger partial charge < -0.3 is 25.8 Å². The number of rotatable bonds is 11. The molecule has 6 rings (SSSR count). The van der Waals surface area contributed by atoms with Gasteiger partial charge in [-0.05, 0) is 119 Å². The monoisotopic (exact) mass is 822 g/mol. The number of hydrogen-bond acceptors (Lipinski definition) is 8. The molecule has 0 saturated carbocycles. The molecular formula is C34H48Br2N8O4S. The predicted octanol–water partition coefficient (Wildman–Crippen LogP) is 4.12. The van der Waals surface area contributed by atoms with Crippen LogP contribution in [0.3, 0.4) is 0 Å². The molecule has 2 aromatic rings. The van der Waals surface area contributed by atoms with Crippen molar-refractivity contribution in [2.24, 2.45) is 0 Å². The first-order valence-electron chi connectivity index (χ1n) is 17.4. The normalized spacial score (nSPS) is 21.0. The maximum absolute atomic E-state index is 13.9. The fraction of sp³-hybridized carbons (Fsp3) is 0.588. The van der Waals surface area contributed by atoms with E-state index in [1.54, 1.807) is 0 Å². The summed E-state index contributed by atoms with van der Waals surface area (Å²) in [6, 6.07) is 11.5. The van der Waals surface area contributed by atoms with Gasteiger partial charge in [-0.3, -0.25) is 15.0 Å². The summed E-state index contributed by atoms with van der Waals surface area (Å²) in [5.41, 5.74) is 9.53. The summed E-state index contributed by atoms with van der Waals surface area (Å²) in [7, 11) is -3.67. The molecule has 49 heavy (non-hydrogen) atoms. The topological polar surface area (TPSA) is 143 Å².